The standard InChI is InChI=1S/C13H17N3O3/c17-11-6-7-16(8-11)9-12(18)14-15-13(19)10-4-2-1-3-5-10/h1-5,11,17H,6-9H2,(H,14,18)(H,15,19). The highest BCUT2D eigenvalue weighted by atomic mass is 16.3. The van der Waals surface area contributed by atoms with Crippen LogP contribution in [-0.4, -0.2) is 47.6 Å². The number of aliphatic hydroxyl groups excluding tert-OH is 1. The number of benzene rings is 1. The Labute approximate surface area is 111 Å². The van der Waals surface area contributed by atoms with E-state index in [1.165, 1.54) is 0 Å². The smallest absolute Gasteiger partial charge is 0.269 e. The predicted octanol–water partition coefficient (Wildman–Crippen LogP) is -0.486. The average molecular weight is 263 g/mol. The van der Waals surface area contributed by atoms with E-state index in [1.54, 1.807) is 24.3 Å². The molecule has 1 saturated heterocycles. The van der Waals surface area contributed by atoms with Gasteiger partial charge in [-0.05, 0) is 18.6 Å². The summed E-state index contributed by atoms with van der Waals surface area (Å²) < 4.78 is 0. The highest BCUT2D eigenvalue weighted by Crippen LogP contribution is 2.07. The molecule has 6 heteroatoms. The van der Waals surface area contributed by atoms with Crippen LogP contribution in [0.1, 0.15) is 16.8 Å². The summed E-state index contributed by atoms with van der Waals surface area (Å²) in [5.41, 5.74) is 5.20. The van der Waals surface area contributed by atoms with E-state index in [2.05, 4.69) is 10.9 Å². The third-order valence-corrected chi connectivity index (χ3v) is 2.97. The number of nitrogens with zero attached hydrogens (tertiary/aromatic N) is 1. The largest absolute Gasteiger partial charge is 0.392 e. The van der Waals surface area contributed by atoms with Gasteiger partial charge in [-0.25, -0.2) is 0 Å². The molecule has 2 amide bonds. The van der Waals surface area contributed by atoms with Crippen LogP contribution >= 0.6 is 0 Å². The van der Waals surface area contributed by atoms with Crippen molar-refractivity contribution in [3.05, 3.63) is 35.9 Å². The van der Waals surface area contributed by atoms with Gasteiger partial charge in [0, 0.05) is 18.7 Å². The van der Waals surface area contributed by atoms with Crippen molar-refractivity contribution in [1.29, 1.82) is 0 Å². The van der Waals surface area contributed by atoms with E-state index in [4.69, 9.17) is 0 Å². The second-order valence-corrected chi connectivity index (χ2v) is 4.55. The monoisotopic (exact) mass is 263 g/mol. The Balaban J connectivity index is 1.73. The number of carbonyl (C=O) groups is 2. The lowest BCUT2D eigenvalue weighted by atomic mass is 10.2. The first-order valence-electron chi connectivity index (χ1n) is 6.20. The van der Waals surface area contributed by atoms with Crippen LogP contribution in [-0.2, 0) is 4.79 Å². The number of nitrogens with one attached hydrogen (secondary N) is 2. The molecular weight excluding hydrogens is 246 g/mol. The minimum atomic E-state index is -0.355. The fourth-order valence-electron chi connectivity index (χ4n) is 1.99. The van der Waals surface area contributed by atoms with Crippen LogP contribution in [0.2, 0.25) is 0 Å². The van der Waals surface area contributed by atoms with Gasteiger partial charge in [0.1, 0.15) is 0 Å². The average Bonchev–Trinajstić information content (AvgIpc) is 2.82. The Bertz CT molecular complexity index is 450. The Morgan fingerprint density at radius 1 is 1.26 bits per heavy atom. The first-order chi connectivity index (χ1) is 9.15. The van der Waals surface area contributed by atoms with Crippen molar-refractivity contribution in [3.63, 3.8) is 0 Å². The third kappa shape index (κ3) is 4.04. The molecule has 0 aliphatic carbocycles. The van der Waals surface area contributed by atoms with Crippen LogP contribution in [0.15, 0.2) is 30.3 Å². The lowest BCUT2D eigenvalue weighted by molar-refractivity contribution is -0.122. The number of β-amino-alcohol motifs (C(OH)–C–C–N with tert-alkyl or cyclic N) is 1. The summed E-state index contributed by atoms with van der Waals surface area (Å²) in [5.74, 6) is -0.645. The van der Waals surface area contributed by atoms with E-state index in [0.29, 0.717) is 25.1 Å². The highest BCUT2D eigenvalue weighted by molar-refractivity contribution is 5.95. The zero-order valence-electron chi connectivity index (χ0n) is 10.5. The summed E-state index contributed by atoms with van der Waals surface area (Å²) >= 11 is 0. The Morgan fingerprint density at radius 2 is 2.00 bits per heavy atom. The summed E-state index contributed by atoms with van der Waals surface area (Å²) in [5, 5.41) is 9.34. The van der Waals surface area contributed by atoms with Gasteiger partial charge in [0.25, 0.3) is 11.8 Å². The molecule has 0 bridgehead atoms. The summed E-state index contributed by atoms with van der Waals surface area (Å²) in [6, 6.07) is 8.65. The maximum atomic E-state index is 11.7. The molecule has 1 aromatic carbocycles. The fourth-order valence-corrected chi connectivity index (χ4v) is 1.99. The molecule has 102 valence electrons. The minimum Gasteiger partial charge on any atom is -0.392 e. The number of hydrogen-bond donors (Lipinski definition) is 3. The number of hydrazine groups is 1. The van der Waals surface area contributed by atoms with E-state index in [1.807, 2.05) is 11.0 Å². The molecule has 6 nitrogen and oxygen atoms in total. The van der Waals surface area contributed by atoms with Crippen molar-refractivity contribution < 1.29 is 14.7 Å². The third-order valence-electron chi connectivity index (χ3n) is 2.97. The number of hydrogen-bond acceptors (Lipinski definition) is 4. The van der Waals surface area contributed by atoms with Crippen molar-refractivity contribution in [2.45, 2.75) is 12.5 Å². The molecule has 1 aromatic rings. The van der Waals surface area contributed by atoms with Crippen LogP contribution in [0.25, 0.3) is 0 Å². The summed E-state index contributed by atoms with van der Waals surface area (Å²) in [4.78, 5) is 25.1. The molecule has 1 aliphatic rings. The van der Waals surface area contributed by atoms with Gasteiger partial charge in [-0.3, -0.25) is 25.3 Å². The van der Waals surface area contributed by atoms with E-state index in [-0.39, 0.29) is 24.5 Å². The van der Waals surface area contributed by atoms with Crippen molar-refractivity contribution >= 4 is 11.8 Å². The second kappa shape index (κ2) is 6.31. The van der Waals surface area contributed by atoms with Crippen LogP contribution in [0.3, 0.4) is 0 Å². The van der Waals surface area contributed by atoms with Gasteiger partial charge in [-0.15, -0.1) is 0 Å². The molecular formula is C13H17N3O3. The maximum absolute atomic E-state index is 11.7. The molecule has 0 spiro atoms. The Hall–Kier alpha value is -1.92. The van der Waals surface area contributed by atoms with E-state index in [9.17, 15) is 14.7 Å². The first kappa shape index (κ1) is 13.5. The fraction of sp³-hybridized carbons (Fsp3) is 0.385. The van der Waals surface area contributed by atoms with Gasteiger partial charge in [0.15, 0.2) is 0 Å². The topological polar surface area (TPSA) is 81.7 Å². The molecule has 0 radical (unpaired) electrons. The number of rotatable bonds is 3. The Kier molecular flexibility index (Phi) is 4.48. The normalized spacial score (nSPS) is 19.1. The van der Waals surface area contributed by atoms with Crippen molar-refractivity contribution in [2.24, 2.45) is 0 Å². The lowest BCUT2D eigenvalue weighted by Gasteiger charge is -2.14. The number of likely N-dealkylation sites (tertiary alicyclic amines) is 1. The van der Waals surface area contributed by atoms with Gasteiger partial charge >= 0.3 is 0 Å². The van der Waals surface area contributed by atoms with E-state index >= 15 is 0 Å². The van der Waals surface area contributed by atoms with Crippen molar-refractivity contribution in [2.75, 3.05) is 19.6 Å². The van der Waals surface area contributed by atoms with Crippen LogP contribution in [0, 0.1) is 0 Å². The molecule has 1 heterocycles. The quantitative estimate of drug-likeness (QED) is 0.643. The van der Waals surface area contributed by atoms with Crippen LogP contribution < -0.4 is 10.9 Å². The maximum Gasteiger partial charge on any atom is 0.269 e. The molecule has 0 aromatic heterocycles. The van der Waals surface area contributed by atoms with E-state index < -0.39 is 0 Å². The first-order valence-corrected chi connectivity index (χ1v) is 6.20. The number of amides is 2. The van der Waals surface area contributed by atoms with E-state index in [0.717, 1.165) is 0 Å². The summed E-state index contributed by atoms with van der Waals surface area (Å²) in [7, 11) is 0. The number of aliphatic hydroxyl groups is 1. The summed E-state index contributed by atoms with van der Waals surface area (Å²) in [6.45, 7) is 1.37. The lowest BCUT2D eigenvalue weighted by Crippen LogP contribution is -2.46. The van der Waals surface area contributed by atoms with Gasteiger partial charge in [-0.2, -0.15) is 0 Å². The van der Waals surface area contributed by atoms with Gasteiger partial charge in [-0.1, -0.05) is 18.2 Å². The molecule has 0 saturated carbocycles. The Morgan fingerprint density at radius 3 is 2.63 bits per heavy atom. The van der Waals surface area contributed by atoms with Crippen molar-refractivity contribution in [3.8, 4) is 0 Å². The molecule has 19 heavy (non-hydrogen) atoms. The van der Waals surface area contributed by atoms with Gasteiger partial charge in [0.05, 0.1) is 12.6 Å². The molecule has 1 aliphatic heterocycles. The molecule has 1 fully saturated rings. The summed E-state index contributed by atoms with van der Waals surface area (Å²) in [6.07, 6.45) is 0.329. The minimum absolute atomic E-state index is 0.173. The van der Waals surface area contributed by atoms with Crippen LogP contribution in [0.5, 0.6) is 0 Å². The van der Waals surface area contributed by atoms with Crippen LogP contribution in [0.4, 0.5) is 0 Å². The predicted molar refractivity (Wildman–Crippen MR) is 69.1 cm³/mol. The highest BCUT2D eigenvalue weighted by Gasteiger charge is 2.22. The number of carbonyl (C=O) groups excluding carboxylic acids is 2. The molecule has 1 atom stereocenters. The zero-order chi connectivity index (χ0) is 13.7. The van der Waals surface area contributed by atoms with Gasteiger partial charge < -0.3 is 5.11 Å². The second-order valence-electron chi connectivity index (χ2n) is 4.55. The van der Waals surface area contributed by atoms with Gasteiger partial charge in [0.2, 0.25) is 0 Å². The SMILES string of the molecule is O=C(CN1CCC(O)C1)NNC(=O)c1ccccc1. The van der Waals surface area contributed by atoms with Crippen molar-refractivity contribution in [1.82, 2.24) is 15.8 Å². The molecule has 3 N–H and O–H groups in total. The molecule has 2 rings (SSSR count). The zero-order valence-corrected chi connectivity index (χ0v) is 10.5. The molecule has 1 unspecified atom stereocenters.